The molecule has 0 fully saturated rings. The Hall–Kier alpha value is -2.65. The van der Waals surface area contributed by atoms with E-state index in [9.17, 15) is 17.6 Å². The van der Waals surface area contributed by atoms with Gasteiger partial charge in [0.2, 0.25) is 17.2 Å². The van der Waals surface area contributed by atoms with E-state index in [1.165, 1.54) is 24.3 Å². The summed E-state index contributed by atoms with van der Waals surface area (Å²) in [5, 5.41) is 5.08. The first-order valence-electron chi connectivity index (χ1n) is 7.28. The van der Waals surface area contributed by atoms with Crippen LogP contribution in [-0.2, 0) is 6.18 Å². The quantitative estimate of drug-likeness (QED) is 0.523. The number of rotatable bonds is 4. The van der Waals surface area contributed by atoms with Crippen molar-refractivity contribution in [2.24, 2.45) is 0 Å². The highest BCUT2D eigenvalue weighted by atomic mass is 35.5. The Kier molecular flexibility index (Phi) is 5.33. The second-order valence-corrected chi connectivity index (χ2v) is 5.95. The maximum atomic E-state index is 13.2. The van der Waals surface area contributed by atoms with Crippen molar-refractivity contribution in [1.29, 1.82) is 0 Å². The van der Waals surface area contributed by atoms with E-state index in [0.29, 0.717) is 5.69 Å². The molecule has 0 amide bonds. The van der Waals surface area contributed by atoms with Gasteiger partial charge in [-0.15, -0.1) is 0 Å². The molecule has 27 heavy (non-hydrogen) atoms. The molecule has 0 saturated heterocycles. The minimum Gasteiger partial charge on any atom is -0.324 e. The molecule has 0 aliphatic rings. The van der Waals surface area contributed by atoms with Gasteiger partial charge >= 0.3 is 6.18 Å². The minimum atomic E-state index is -4.48. The number of hydrogen-bond donors (Lipinski definition) is 2. The van der Waals surface area contributed by atoms with Crippen LogP contribution in [0.4, 0.5) is 40.8 Å². The third-order valence-corrected chi connectivity index (χ3v) is 3.69. The Morgan fingerprint density at radius 2 is 1.44 bits per heavy atom. The first-order valence-corrected chi connectivity index (χ1v) is 8.04. The largest absolute Gasteiger partial charge is 0.416 e. The van der Waals surface area contributed by atoms with E-state index in [1.807, 2.05) is 0 Å². The number of halogens is 6. The van der Waals surface area contributed by atoms with Crippen LogP contribution >= 0.6 is 23.2 Å². The van der Waals surface area contributed by atoms with Gasteiger partial charge in [0.1, 0.15) is 5.82 Å². The summed E-state index contributed by atoms with van der Waals surface area (Å²) in [5.41, 5.74) is -0.330. The number of nitrogens with zero attached hydrogens (tertiary/aromatic N) is 3. The SMILES string of the molecule is Fc1ccc(Nc2nc(Cl)nc(Nc3cccc(C(F)(F)F)c3)n2)cc1Cl. The summed E-state index contributed by atoms with van der Waals surface area (Å²) in [6, 6.07) is 8.37. The van der Waals surface area contributed by atoms with Crippen molar-refractivity contribution in [3.63, 3.8) is 0 Å². The molecule has 0 saturated carbocycles. The molecule has 0 aliphatic carbocycles. The van der Waals surface area contributed by atoms with Crippen LogP contribution in [0.5, 0.6) is 0 Å². The highest BCUT2D eigenvalue weighted by Crippen LogP contribution is 2.31. The standard InChI is InChI=1S/C16H9Cl2F4N5/c17-11-7-10(4-5-12(11)19)24-15-26-13(18)25-14(27-15)23-9-3-1-2-8(6-9)16(20,21)22/h1-7H,(H2,23,24,25,26,27). The molecule has 0 unspecified atom stereocenters. The molecule has 1 aromatic heterocycles. The topological polar surface area (TPSA) is 62.7 Å². The van der Waals surface area contributed by atoms with Gasteiger partial charge in [-0.25, -0.2) is 4.39 Å². The van der Waals surface area contributed by atoms with Gasteiger partial charge in [0.25, 0.3) is 0 Å². The number of alkyl halides is 3. The summed E-state index contributed by atoms with van der Waals surface area (Å²) in [5.74, 6) is -0.681. The van der Waals surface area contributed by atoms with Crippen molar-refractivity contribution in [2.45, 2.75) is 6.18 Å². The van der Waals surface area contributed by atoms with Gasteiger partial charge in [0.05, 0.1) is 10.6 Å². The minimum absolute atomic E-state index is 0.00727. The highest BCUT2D eigenvalue weighted by molar-refractivity contribution is 6.31. The Morgan fingerprint density at radius 1 is 0.815 bits per heavy atom. The Morgan fingerprint density at radius 3 is 2.04 bits per heavy atom. The Labute approximate surface area is 160 Å². The van der Waals surface area contributed by atoms with Crippen molar-refractivity contribution >= 4 is 46.5 Å². The molecule has 0 spiro atoms. The lowest BCUT2D eigenvalue weighted by molar-refractivity contribution is -0.137. The molecule has 11 heteroatoms. The van der Waals surface area contributed by atoms with Crippen LogP contribution in [0.15, 0.2) is 42.5 Å². The molecule has 1 heterocycles. The van der Waals surface area contributed by atoms with Gasteiger partial charge < -0.3 is 10.6 Å². The fourth-order valence-electron chi connectivity index (χ4n) is 2.07. The Bertz CT molecular complexity index is 981. The average Bonchev–Trinajstić information content (AvgIpc) is 2.57. The third-order valence-electron chi connectivity index (χ3n) is 3.23. The number of aromatic nitrogens is 3. The van der Waals surface area contributed by atoms with E-state index >= 15 is 0 Å². The normalized spacial score (nSPS) is 11.3. The van der Waals surface area contributed by atoms with Gasteiger partial charge in [0.15, 0.2) is 0 Å². The van der Waals surface area contributed by atoms with E-state index in [2.05, 4.69) is 25.6 Å². The predicted molar refractivity (Wildman–Crippen MR) is 94.3 cm³/mol. The molecule has 0 atom stereocenters. The molecule has 0 radical (unpaired) electrons. The van der Waals surface area contributed by atoms with Crippen LogP contribution in [0.3, 0.4) is 0 Å². The van der Waals surface area contributed by atoms with Gasteiger partial charge in [-0.1, -0.05) is 17.7 Å². The molecule has 0 aliphatic heterocycles. The number of hydrogen-bond acceptors (Lipinski definition) is 5. The van der Waals surface area contributed by atoms with Gasteiger partial charge in [-0.05, 0) is 48.0 Å². The fraction of sp³-hybridized carbons (Fsp3) is 0.0625. The smallest absolute Gasteiger partial charge is 0.324 e. The maximum absolute atomic E-state index is 13.2. The third kappa shape index (κ3) is 4.95. The highest BCUT2D eigenvalue weighted by Gasteiger charge is 2.30. The first-order chi connectivity index (χ1) is 12.7. The van der Waals surface area contributed by atoms with Crippen LogP contribution in [0.1, 0.15) is 5.56 Å². The molecule has 2 aromatic carbocycles. The summed E-state index contributed by atoms with van der Waals surface area (Å²) in [4.78, 5) is 11.7. The van der Waals surface area contributed by atoms with Crippen molar-refractivity contribution < 1.29 is 17.6 Å². The molecule has 3 rings (SSSR count). The van der Waals surface area contributed by atoms with Crippen molar-refractivity contribution in [2.75, 3.05) is 10.6 Å². The van der Waals surface area contributed by atoms with Crippen LogP contribution in [0, 0.1) is 5.82 Å². The first kappa shape index (κ1) is 19.1. The van der Waals surface area contributed by atoms with E-state index in [0.717, 1.165) is 18.2 Å². The number of nitrogens with one attached hydrogen (secondary N) is 2. The fourth-order valence-corrected chi connectivity index (χ4v) is 2.41. The number of anilines is 4. The molecular formula is C16H9Cl2F4N5. The van der Waals surface area contributed by atoms with Crippen molar-refractivity contribution in [1.82, 2.24) is 15.0 Å². The van der Waals surface area contributed by atoms with E-state index in [-0.39, 0.29) is 27.9 Å². The van der Waals surface area contributed by atoms with Crippen LogP contribution in [0.2, 0.25) is 10.3 Å². The summed E-state index contributed by atoms with van der Waals surface area (Å²) >= 11 is 11.5. The zero-order valence-corrected chi connectivity index (χ0v) is 14.7. The van der Waals surface area contributed by atoms with E-state index in [1.54, 1.807) is 0 Å². The molecule has 0 bridgehead atoms. The number of benzene rings is 2. The van der Waals surface area contributed by atoms with Gasteiger partial charge in [-0.2, -0.15) is 28.1 Å². The lowest BCUT2D eigenvalue weighted by atomic mass is 10.2. The predicted octanol–water partition coefficient (Wildman–Crippen LogP) is 5.82. The van der Waals surface area contributed by atoms with E-state index in [4.69, 9.17) is 23.2 Å². The average molecular weight is 418 g/mol. The lowest BCUT2D eigenvalue weighted by Gasteiger charge is -2.11. The van der Waals surface area contributed by atoms with Crippen LogP contribution < -0.4 is 10.6 Å². The maximum Gasteiger partial charge on any atom is 0.416 e. The van der Waals surface area contributed by atoms with E-state index < -0.39 is 17.6 Å². The van der Waals surface area contributed by atoms with Crippen LogP contribution in [-0.4, -0.2) is 15.0 Å². The van der Waals surface area contributed by atoms with Crippen molar-refractivity contribution in [3.05, 3.63) is 64.2 Å². The zero-order chi connectivity index (χ0) is 19.6. The van der Waals surface area contributed by atoms with Crippen LogP contribution in [0.25, 0.3) is 0 Å². The lowest BCUT2D eigenvalue weighted by Crippen LogP contribution is -2.07. The molecular weight excluding hydrogens is 409 g/mol. The summed E-state index contributed by atoms with van der Waals surface area (Å²) in [6.45, 7) is 0. The monoisotopic (exact) mass is 417 g/mol. The van der Waals surface area contributed by atoms with Crippen molar-refractivity contribution in [3.8, 4) is 0 Å². The Balaban J connectivity index is 1.84. The summed E-state index contributed by atoms with van der Waals surface area (Å²) < 4.78 is 51.6. The second kappa shape index (κ2) is 7.53. The zero-order valence-electron chi connectivity index (χ0n) is 13.2. The summed E-state index contributed by atoms with van der Waals surface area (Å²) in [6.07, 6.45) is -4.48. The van der Waals surface area contributed by atoms with Gasteiger partial charge in [0, 0.05) is 11.4 Å². The summed E-state index contributed by atoms with van der Waals surface area (Å²) in [7, 11) is 0. The second-order valence-electron chi connectivity index (χ2n) is 5.21. The van der Waals surface area contributed by atoms with Gasteiger partial charge in [-0.3, -0.25) is 0 Å². The molecule has 140 valence electrons. The molecule has 3 aromatic rings. The molecule has 5 nitrogen and oxygen atoms in total. The molecule has 2 N–H and O–H groups in total.